The number of fused-ring (bicyclic) bond motifs is 14. The second kappa shape index (κ2) is 11.3. The Bertz CT molecular complexity index is 2780. The first kappa shape index (κ1) is 33.7. The summed E-state index contributed by atoms with van der Waals surface area (Å²) >= 11 is 27.0. The average Bonchev–Trinajstić information content (AvgIpc) is 3.64. The van der Waals surface area contributed by atoms with Crippen molar-refractivity contribution in [3.8, 4) is 45.6 Å². The van der Waals surface area contributed by atoms with Gasteiger partial charge in [0.25, 0.3) is 0 Å². The zero-order valence-electron chi connectivity index (χ0n) is 28.5. The van der Waals surface area contributed by atoms with Gasteiger partial charge >= 0.3 is 311 Å². The Hall–Kier alpha value is -4.85. The zero-order valence-corrected chi connectivity index (χ0v) is 32.5. The first-order valence-electron chi connectivity index (χ1n) is 17.1. The molecule has 0 unspecified atom stereocenters. The van der Waals surface area contributed by atoms with Crippen molar-refractivity contribution in [1.29, 1.82) is 0 Å². The van der Waals surface area contributed by atoms with Crippen molar-refractivity contribution in [1.82, 2.24) is 0 Å². The predicted molar refractivity (Wildman–Crippen MR) is 219 cm³/mol. The molecule has 1 spiro atoms. The van der Waals surface area contributed by atoms with E-state index >= 15 is 0 Å². The van der Waals surface area contributed by atoms with Gasteiger partial charge in [-0.15, -0.1) is 0 Å². The van der Waals surface area contributed by atoms with Crippen LogP contribution in [0.5, 0.6) is 34.5 Å². The van der Waals surface area contributed by atoms with E-state index in [1.165, 1.54) is 0 Å². The number of hydrogen-bond donors (Lipinski definition) is 1. The van der Waals surface area contributed by atoms with E-state index in [1.54, 1.807) is 0 Å². The minimum absolute atomic E-state index is 0.0549. The van der Waals surface area contributed by atoms with Crippen molar-refractivity contribution in [2.75, 3.05) is 14.1 Å². The SMILES string of the molecule is C[NH2+]C.Clc1c(Cl)c(Cl)c2c(c1Cl)O[P-]13(Oc4ccc5ccccc5c4-c4c(ccc5ccccc45)O1)(O2)Oc1c(c2ccccc2c2ccccc12)O3. The second-order valence-electron chi connectivity index (χ2n) is 13.2. The van der Waals surface area contributed by atoms with Crippen LogP contribution in [0.2, 0.25) is 20.1 Å². The van der Waals surface area contributed by atoms with Gasteiger partial charge in [-0.25, -0.2) is 0 Å². The molecule has 0 radical (unpaired) electrons. The molecule has 7 nitrogen and oxygen atoms in total. The number of quaternary nitrogens is 1. The molecule has 0 atom stereocenters. The summed E-state index contributed by atoms with van der Waals surface area (Å²) in [7, 11) is -2.79. The van der Waals surface area contributed by atoms with Crippen molar-refractivity contribution in [3.63, 3.8) is 0 Å². The molecule has 8 aromatic rings. The van der Waals surface area contributed by atoms with Crippen LogP contribution in [-0.2, 0) is 0 Å². The Kier molecular flexibility index (Phi) is 7.08. The van der Waals surface area contributed by atoms with Gasteiger partial charge in [0.2, 0.25) is 0 Å². The summed E-state index contributed by atoms with van der Waals surface area (Å²) < 4.78 is 42.9. The third kappa shape index (κ3) is 4.40. The summed E-state index contributed by atoms with van der Waals surface area (Å²) in [6.45, 7) is 0. The molecule has 0 saturated heterocycles. The summed E-state index contributed by atoms with van der Waals surface area (Å²) in [6.07, 6.45) is 0. The van der Waals surface area contributed by atoms with Gasteiger partial charge in [-0.3, -0.25) is 0 Å². The first-order valence-corrected chi connectivity index (χ1v) is 20.8. The quantitative estimate of drug-likeness (QED) is 0.0711. The molecule has 12 heteroatoms. The zero-order chi connectivity index (χ0) is 37.0. The molecule has 2 N–H and O–H groups in total. The van der Waals surface area contributed by atoms with Crippen LogP contribution < -0.4 is 32.5 Å². The van der Waals surface area contributed by atoms with Gasteiger partial charge < -0.3 is 5.32 Å². The molecular formula is C42H28Cl4NO6P. The monoisotopic (exact) mass is 813 g/mol. The topological polar surface area (TPSA) is 72.0 Å². The molecule has 0 aliphatic carbocycles. The Morgan fingerprint density at radius 1 is 0.370 bits per heavy atom. The van der Waals surface area contributed by atoms with E-state index in [-0.39, 0.29) is 43.1 Å². The van der Waals surface area contributed by atoms with Crippen LogP contribution in [0.15, 0.2) is 121 Å². The summed E-state index contributed by atoms with van der Waals surface area (Å²) in [5.41, 5.74) is 1.43. The maximum absolute atomic E-state index is 7.26. The van der Waals surface area contributed by atoms with E-state index in [2.05, 4.69) is 0 Å². The van der Waals surface area contributed by atoms with E-state index in [0.29, 0.717) is 33.4 Å². The number of rotatable bonds is 0. The minimum atomic E-state index is -6.79. The third-order valence-electron chi connectivity index (χ3n) is 9.73. The summed E-state index contributed by atoms with van der Waals surface area (Å²) in [4.78, 5) is 0. The van der Waals surface area contributed by atoms with Gasteiger partial charge in [0, 0.05) is 0 Å². The van der Waals surface area contributed by atoms with Crippen molar-refractivity contribution in [2.45, 2.75) is 0 Å². The van der Waals surface area contributed by atoms with Crippen molar-refractivity contribution in [3.05, 3.63) is 141 Å². The van der Waals surface area contributed by atoms with Crippen molar-refractivity contribution >= 4 is 96.8 Å². The fraction of sp³-hybridized carbons (Fsp3) is 0.0476. The number of benzene rings is 8. The molecule has 3 aliphatic rings. The molecule has 3 heterocycles. The molecule has 270 valence electrons. The van der Waals surface area contributed by atoms with Crippen LogP contribution in [0.25, 0.3) is 54.2 Å². The standard InChI is InChI=1S/C40H20Cl4O6P.C2H7N/c41-33-34(42)36(44)40-39(35(33)43)49-51(50-40,47-37-27-15-7-5-13-25(27)26-14-6-8-16-28(26)38(37)48-51)45-29-19-17-21-9-1-3-11-23(21)31(29)32-24-12-4-2-10-22(24)18-20-30(32)46-51;1-3-2/h1-20H;3H,1-2H3/q-1;/p+1. The molecule has 54 heavy (non-hydrogen) atoms. The predicted octanol–water partition coefficient (Wildman–Crippen LogP) is 12.7. The normalized spacial score (nSPS) is 17.3. The number of hydrogen-bond acceptors (Lipinski definition) is 6. The average molecular weight is 815 g/mol. The second-order valence-corrected chi connectivity index (χ2v) is 18.1. The van der Waals surface area contributed by atoms with Crippen molar-refractivity contribution in [2.24, 2.45) is 0 Å². The molecule has 11 rings (SSSR count). The summed E-state index contributed by atoms with van der Waals surface area (Å²) in [5, 5.41) is 8.62. The molecule has 0 saturated carbocycles. The maximum atomic E-state index is 7.26. The van der Waals surface area contributed by atoms with Crippen LogP contribution in [0, 0.1) is 0 Å². The summed E-state index contributed by atoms with van der Waals surface area (Å²) in [6, 6.07) is 39.2. The Morgan fingerprint density at radius 3 is 1.11 bits per heavy atom. The van der Waals surface area contributed by atoms with Gasteiger partial charge in [-0.2, -0.15) is 0 Å². The Morgan fingerprint density at radius 2 is 0.704 bits per heavy atom. The molecule has 0 fully saturated rings. The van der Waals surface area contributed by atoms with Crippen LogP contribution in [-0.4, -0.2) is 14.1 Å². The summed E-state index contributed by atoms with van der Waals surface area (Å²) in [5.74, 6) is 0.947. The van der Waals surface area contributed by atoms with Crippen LogP contribution >= 0.6 is 53.7 Å². The van der Waals surface area contributed by atoms with Gasteiger partial charge in [-0.1, -0.05) is 0 Å². The van der Waals surface area contributed by atoms with E-state index in [0.717, 1.165) is 32.3 Å². The van der Waals surface area contributed by atoms with Crippen LogP contribution in [0.4, 0.5) is 0 Å². The van der Waals surface area contributed by atoms with Crippen molar-refractivity contribution < 1.29 is 32.5 Å². The van der Waals surface area contributed by atoms with Gasteiger partial charge in [0.15, 0.2) is 0 Å². The molecule has 0 bridgehead atoms. The first-order chi connectivity index (χ1) is 26.1. The molecule has 0 amide bonds. The van der Waals surface area contributed by atoms with E-state index in [1.807, 2.05) is 141 Å². The van der Waals surface area contributed by atoms with Gasteiger partial charge in [-0.05, 0) is 0 Å². The fourth-order valence-corrected chi connectivity index (χ4v) is 12.5. The van der Waals surface area contributed by atoms with E-state index in [9.17, 15) is 0 Å². The Labute approximate surface area is 328 Å². The Balaban J connectivity index is 0.00000117. The number of halogens is 4. The molecular weight excluding hydrogens is 787 g/mol. The molecule has 3 aliphatic heterocycles. The van der Waals surface area contributed by atoms with E-state index < -0.39 is 7.31 Å². The van der Waals surface area contributed by atoms with Gasteiger partial charge in [0.05, 0.1) is 14.1 Å². The molecule has 8 aromatic carbocycles. The van der Waals surface area contributed by atoms with Crippen LogP contribution in [0.3, 0.4) is 0 Å². The third-order valence-corrected chi connectivity index (χ3v) is 14.9. The van der Waals surface area contributed by atoms with Gasteiger partial charge in [0.1, 0.15) is 0 Å². The number of nitrogens with two attached hydrogens (primary N) is 1. The van der Waals surface area contributed by atoms with E-state index in [4.69, 9.17) is 73.5 Å². The fourth-order valence-electron chi connectivity index (χ4n) is 7.61. The van der Waals surface area contributed by atoms with Crippen LogP contribution in [0.1, 0.15) is 0 Å². The molecule has 0 aromatic heterocycles.